The van der Waals surface area contributed by atoms with Crippen LogP contribution in [0.2, 0.25) is 0 Å². The third-order valence-electron chi connectivity index (χ3n) is 3.33. The fourth-order valence-corrected chi connectivity index (χ4v) is 3.04. The molecule has 0 aliphatic rings. The van der Waals surface area contributed by atoms with E-state index < -0.39 is 9.84 Å². The highest BCUT2D eigenvalue weighted by Gasteiger charge is 2.14. The third-order valence-corrected chi connectivity index (χ3v) is 5.06. The number of sulfone groups is 1. The van der Waals surface area contributed by atoms with Crippen molar-refractivity contribution in [2.45, 2.75) is 26.7 Å². The molecule has 1 aromatic carbocycles. The first-order valence-electron chi connectivity index (χ1n) is 7.02. The summed E-state index contributed by atoms with van der Waals surface area (Å²) in [5.74, 6) is 0.919. The molecule has 1 rings (SSSR count). The van der Waals surface area contributed by atoms with Gasteiger partial charge in [0, 0.05) is 5.75 Å². The third kappa shape index (κ3) is 6.73. The van der Waals surface area contributed by atoms with Crippen LogP contribution in [0.15, 0.2) is 30.3 Å². The molecule has 0 saturated heterocycles. The molecule has 0 amide bonds. The van der Waals surface area contributed by atoms with Gasteiger partial charge < -0.3 is 5.32 Å². The normalized spacial score (nSPS) is 13.4. The number of nitrogens with one attached hydrogen (secondary N) is 1. The van der Waals surface area contributed by atoms with E-state index in [4.69, 9.17) is 0 Å². The van der Waals surface area contributed by atoms with Crippen LogP contribution < -0.4 is 5.32 Å². The zero-order valence-corrected chi connectivity index (χ0v) is 12.7. The lowest BCUT2D eigenvalue weighted by Gasteiger charge is -2.17. The van der Waals surface area contributed by atoms with Gasteiger partial charge in [-0.25, -0.2) is 8.42 Å². The number of hydrogen-bond acceptors (Lipinski definition) is 3. The van der Waals surface area contributed by atoms with Gasteiger partial charge in [-0.05, 0) is 37.4 Å². The van der Waals surface area contributed by atoms with E-state index in [0.29, 0.717) is 11.7 Å². The fraction of sp³-hybridized carbons (Fsp3) is 0.600. The Hall–Kier alpha value is -0.870. The summed E-state index contributed by atoms with van der Waals surface area (Å²) >= 11 is 0. The molecule has 0 radical (unpaired) electrons. The minimum absolute atomic E-state index is 0.242. The molecule has 0 aliphatic heterocycles. The average molecular weight is 283 g/mol. The van der Waals surface area contributed by atoms with Gasteiger partial charge in [0.25, 0.3) is 0 Å². The summed E-state index contributed by atoms with van der Waals surface area (Å²) in [6.07, 6.45) is 1.67. The summed E-state index contributed by atoms with van der Waals surface area (Å²) in [7, 11) is -2.86. The maximum atomic E-state index is 11.6. The highest BCUT2D eigenvalue weighted by atomic mass is 32.2. The van der Waals surface area contributed by atoms with E-state index in [0.717, 1.165) is 25.9 Å². The van der Waals surface area contributed by atoms with E-state index in [1.54, 1.807) is 6.92 Å². The highest BCUT2D eigenvalue weighted by Crippen LogP contribution is 2.13. The highest BCUT2D eigenvalue weighted by molar-refractivity contribution is 7.91. The van der Waals surface area contributed by atoms with E-state index in [-0.39, 0.29) is 5.75 Å². The minimum Gasteiger partial charge on any atom is -0.317 e. The van der Waals surface area contributed by atoms with Gasteiger partial charge in [0.15, 0.2) is 0 Å². The van der Waals surface area contributed by atoms with Gasteiger partial charge in [-0.1, -0.05) is 44.2 Å². The lowest BCUT2D eigenvalue weighted by Crippen LogP contribution is -2.26. The maximum Gasteiger partial charge on any atom is 0.150 e. The van der Waals surface area contributed by atoms with E-state index in [9.17, 15) is 8.42 Å². The zero-order chi connectivity index (χ0) is 14.1. The summed E-state index contributed by atoms with van der Waals surface area (Å²) in [4.78, 5) is 0. The fourth-order valence-electron chi connectivity index (χ4n) is 2.06. The van der Waals surface area contributed by atoms with Gasteiger partial charge in [-0.3, -0.25) is 0 Å². The van der Waals surface area contributed by atoms with Crippen LogP contribution in [0.25, 0.3) is 0 Å². The molecule has 0 fully saturated rings. The molecule has 0 aromatic heterocycles. The second-order valence-corrected chi connectivity index (χ2v) is 7.36. The van der Waals surface area contributed by atoms with Crippen LogP contribution in [-0.2, 0) is 16.3 Å². The van der Waals surface area contributed by atoms with Crippen LogP contribution >= 0.6 is 0 Å². The first-order valence-corrected chi connectivity index (χ1v) is 8.84. The van der Waals surface area contributed by atoms with Gasteiger partial charge in [-0.2, -0.15) is 0 Å². The van der Waals surface area contributed by atoms with Crippen molar-refractivity contribution in [3.8, 4) is 0 Å². The first kappa shape index (κ1) is 16.2. The summed E-state index contributed by atoms with van der Waals surface area (Å²) in [5.41, 5.74) is 1.28. The minimum atomic E-state index is -2.86. The summed E-state index contributed by atoms with van der Waals surface area (Å²) in [6, 6.07) is 10.3. The average Bonchev–Trinajstić information content (AvgIpc) is 2.43. The molecular weight excluding hydrogens is 258 g/mol. The van der Waals surface area contributed by atoms with E-state index >= 15 is 0 Å². The Bertz CT molecular complexity index is 442. The predicted molar refractivity (Wildman–Crippen MR) is 81.1 cm³/mol. The summed E-state index contributed by atoms with van der Waals surface area (Å²) in [6.45, 7) is 5.59. The largest absolute Gasteiger partial charge is 0.317 e. The summed E-state index contributed by atoms with van der Waals surface area (Å²) < 4.78 is 23.2. The summed E-state index contributed by atoms with van der Waals surface area (Å²) in [5, 5.41) is 3.33. The molecule has 108 valence electrons. The van der Waals surface area contributed by atoms with Crippen LogP contribution in [0, 0.1) is 5.92 Å². The van der Waals surface area contributed by atoms with Gasteiger partial charge in [-0.15, -0.1) is 0 Å². The predicted octanol–water partition coefficient (Wildman–Crippen LogP) is 2.28. The zero-order valence-electron chi connectivity index (χ0n) is 11.9. The Balaban J connectivity index is 2.56. The molecule has 1 atom stereocenters. The van der Waals surface area contributed by atoms with Gasteiger partial charge >= 0.3 is 0 Å². The monoisotopic (exact) mass is 283 g/mol. The Labute approximate surface area is 117 Å². The van der Waals surface area contributed by atoms with E-state index in [1.807, 2.05) is 18.2 Å². The molecule has 4 heteroatoms. The molecule has 3 nitrogen and oxygen atoms in total. The number of hydrogen-bond donors (Lipinski definition) is 1. The molecule has 1 aromatic rings. The second-order valence-electron chi connectivity index (χ2n) is 4.89. The van der Waals surface area contributed by atoms with Crippen LogP contribution in [0.3, 0.4) is 0 Å². The van der Waals surface area contributed by atoms with Crippen LogP contribution in [0.5, 0.6) is 0 Å². The molecule has 0 bridgehead atoms. The number of rotatable bonds is 9. The van der Waals surface area contributed by atoms with E-state index in [2.05, 4.69) is 24.4 Å². The van der Waals surface area contributed by atoms with Gasteiger partial charge in [0.2, 0.25) is 0 Å². The molecule has 0 saturated carbocycles. The van der Waals surface area contributed by atoms with Crippen molar-refractivity contribution in [2.24, 2.45) is 5.92 Å². The molecule has 1 unspecified atom stereocenters. The molecule has 0 heterocycles. The number of benzene rings is 1. The van der Waals surface area contributed by atoms with Crippen LogP contribution in [0.4, 0.5) is 0 Å². The van der Waals surface area contributed by atoms with Crippen LogP contribution in [-0.4, -0.2) is 33.0 Å². The molecular formula is C15H25NO2S. The Morgan fingerprint density at radius 3 is 2.42 bits per heavy atom. The second kappa shape index (κ2) is 8.33. The molecule has 1 N–H and O–H groups in total. The Morgan fingerprint density at radius 1 is 1.16 bits per heavy atom. The lowest BCUT2D eigenvalue weighted by molar-refractivity contribution is 0.465. The molecule has 0 spiro atoms. The van der Waals surface area contributed by atoms with Gasteiger partial charge in [0.05, 0.1) is 5.75 Å². The van der Waals surface area contributed by atoms with Crippen molar-refractivity contribution in [2.75, 3.05) is 24.6 Å². The standard InChI is InChI=1S/C15H25NO2S/c1-3-16-13-15(10-11-19(17,18)4-2)12-14-8-6-5-7-9-14/h5-9,15-16H,3-4,10-13H2,1-2H3. The van der Waals surface area contributed by atoms with Crippen LogP contribution in [0.1, 0.15) is 25.8 Å². The van der Waals surface area contributed by atoms with Crippen molar-refractivity contribution in [3.63, 3.8) is 0 Å². The molecule has 0 aliphatic carbocycles. The maximum absolute atomic E-state index is 11.6. The van der Waals surface area contributed by atoms with Crippen molar-refractivity contribution in [1.82, 2.24) is 5.32 Å². The Kier molecular flexibility index (Phi) is 7.10. The van der Waals surface area contributed by atoms with Crippen molar-refractivity contribution < 1.29 is 8.42 Å². The van der Waals surface area contributed by atoms with Gasteiger partial charge in [0.1, 0.15) is 9.84 Å². The topological polar surface area (TPSA) is 46.2 Å². The smallest absolute Gasteiger partial charge is 0.150 e. The van der Waals surface area contributed by atoms with Crippen molar-refractivity contribution in [1.29, 1.82) is 0 Å². The lowest BCUT2D eigenvalue weighted by atomic mass is 9.97. The van der Waals surface area contributed by atoms with Crippen molar-refractivity contribution >= 4 is 9.84 Å². The van der Waals surface area contributed by atoms with E-state index in [1.165, 1.54) is 5.56 Å². The molecule has 19 heavy (non-hydrogen) atoms. The quantitative estimate of drug-likeness (QED) is 0.756. The van der Waals surface area contributed by atoms with Crippen molar-refractivity contribution in [3.05, 3.63) is 35.9 Å². The first-order chi connectivity index (χ1) is 9.07. The SMILES string of the molecule is CCNCC(CCS(=O)(=O)CC)Cc1ccccc1. The Morgan fingerprint density at radius 2 is 1.84 bits per heavy atom.